The minimum atomic E-state index is -1.07. The van der Waals surface area contributed by atoms with Gasteiger partial charge in [-0.05, 0) is 6.07 Å². The summed E-state index contributed by atoms with van der Waals surface area (Å²) in [6.45, 7) is 0. The quantitative estimate of drug-likeness (QED) is 0.801. The zero-order valence-electron chi connectivity index (χ0n) is 8.42. The predicted molar refractivity (Wildman–Crippen MR) is 61.0 cm³/mol. The van der Waals surface area contributed by atoms with E-state index in [4.69, 9.17) is 10.8 Å². The van der Waals surface area contributed by atoms with Crippen LogP contribution in [-0.4, -0.2) is 16.1 Å². The fraction of sp³-hybridized carbons (Fsp3) is 0. The van der Waals surface area contributed by atoms with Gasteiger partial charge in [0.05, 0.1) is 5.69 Å². The molecule has 0 saturated heterocycles. The van der Waals surface area contributed by atoms with Gasteiger partial charge in [-0.25, -0.2) is 4.79 Å². The number of carbonyl (C=O) groups is 1. The Morgan fingerprint density at radius 3 is 2.50 bits per heavy atom. The molecule has 2 rings (SSSR count). The van der Waals surface area contributed by atoms with Crippen LogP contribution in [0.3, 0.4) is 0 Å². The van der Waals surface area contributed by atoms with E-state index in [1.807, 2.05) is 18.2 Å². The zero-order chi connectivity index (χ0) is 11.5. The summed E-state index contributed by atoms with van der Waals surface area (Å²) in [7, 11) is 0. The summed E-state index contributed by atoms with van der Waals surface area (Å²) in [5, 5.41) is 9.09. The average Bonchev–Trinajstić information content (AvgIpc) is 2.29. The van der Waals surface area contributed by atoms with Crippen LogP contribution in [-0.2, 0) is 0 Å². The summed E-state index contributed by atoms with van der Waals surface area (Å²) < 4.78 is 0. The van der Waals surface area contributed by atoms with Gasteiger partial charge in [-0.3, -0.25) is 4.98 Å². The highest BCUT2D eigenvalue weighted by Gasteiger charge is 2.15. The molecule has 0 unspecified atom stereocenters. The largest absolute Gasteiger partial charge is 0.478 e. The number of aromatic carboxylic acids is 1. The number of pyridine rings is 1. The molecule has 0 saturated carbocycles. The first kappa shape index (κ1) is 10.2. The highest BCUT2D eigenvalue weighted by atomic mass is 16.4. The molecule has 0 aliphatic carbocycles. The van der Waals surface area contributed by atoms with Gasteiger partial charge in [0.2, 0.25) is 0 Å². The van der Waals surface area contributed by atoms with Crippen LogP contribution in [0.25, 0.3) is 11.3 Å². The summed E-state index contributed by atoms with van der Waals surface area (Å²) in [5.41, 5.74) is 7.05. The van der Waals surface area contributed by atoms with E-state index in [1.165, 1.54) is 12.3 Å². The second-order valence-electron chi connectivity index (χ2n) is 3.29. The van der Waals surface area contributed by atoms with E-state index in [0.29, 0.717) is 5.69 Å². The topological polar surface area (TPSA) is 76.2 Å². The predicted octanol–water partition coefficient (Wildman–Crippen LogP) is 2.03. The number of benzene rings is 1. The molecule has 0 aliphatic rings. The van der Waals surface area contributed by atoms with Gasteiger partial charge in [-0.15, -0.1) is 0 Å². The minimum Gasteiger partial charge on any atom is -0.478 e. The molecule has 0 atom stereocenters. The van der Waals surface area contributed by atoms with Crippen LogP contribution < -0.4 is 5.73 Å². The first-order valence-corrected chi connectivity index (χ1v) is 4.73. The molecule has 1 aromatic heterocycles. The van der Waals surface area contributed by atoms with Crippen molar-refractivity contribution in [2.75, 3.05) is 5.73 Å². The van der Waals surface area contributed by atoms with E-state index in [1.54, 1.807) is 12.1 Å². The van der Waals surface area contributed by atoms with Crippen molar-refractivity contribution in [2.45, 2.75) is 0 Å². The number of nitrogens with two attached hydrogens (primary N) is 1. The van der Waals surface area contributed by atoms with Crippen LogP contribution in [0.5, 0.6) is 0 Å². The van der Waals surface area contributed by atoms with Crippen molar-refractivity contribution >= 4 is 11.7 Å². The number of hydrogen-bond donors (Lipinski definition) is 2. The number of nitrogens with zero attached hydrogens (tertiary/aromatic N) is 1. The Balaban J connectivity index is 2.66. The molecule has 1 heterocycles. The van der Waals surface area contributed by atoms with E-state index >= 15 is 0 Å². The van der Waals surface area contributed by atoms with Crippen molar-refractivity contribution in [3.63, 3.8) is 0 Å². The maximum absolute atomic E-state index is 11.1. The molecule has 0 spiro atoms. The second kappa shape index (κ2) is 4.02. The summed E-state index contributed by atoms with van der Waals surface area (Å²) in [6, 6.07) is 10.6. The van der Waals surface area contributed by atoms with Gasteiger partial charge in [0.25, 0.3) is 0 Å². The summed E-state index contributed by atoms with van der Waals surface area (Å²) in [5.74, 6) is -1.07. The van der Waals surface area contributed by atoms with Gasteiger partial charge in [-0.1, -0.05) is 30.3 Å². The fourth-order valence-corrected chi connectivity index (χ4v) is 1.52. The van der Waals surface area contributed by atoms with Gasteiger partial charge in [0.15, 0.2) is 0 Å². The van der Waals surface area contributed by atoms with Gasteiger partial charge in [0, 0.05) is 17.4 Å². The summed E-state index contributed by atoms with van der Waals surface area (Å²) in [4.78, 5) is 15.2. The molecule has 0 aliphatic heterocycles. The van der Waals surface area contributed by atoms with Crippen LogP contribution in [0, 0.1) is 0 Å². The number of aromatic nitrogens is 1. The van der Waals surface area contributed by atoms with Crippen LogP contribution in [0.1, 0.15) is 10.4 Å². The highest BCUT2D eigenvalue weighted by molar-refractivity contribution is 6.00. The number of hydrogen-bond acceptors (Lipinski definition) is 3. The Kier molecular flexibility index (Phi) is 2.55. The van der Waals surface area contributed by atoms with Gasteiger partial charge >= 0.3 is 5.97 Å². The van der Waals surface area contributed by atoms with Crippen molar-refractivity contribution in [1.82, 2.24) is 4.98 Å². The Hall–Kier alpha value is -2.36. The molecule has 1 aromatic carbocycles. The third-order valence-electron chi connectivity index (χ3n) is 2.24. The average molecular weight is 214 g/mol. The highest BCUT2D eigenvalue weighted by Crippen LogP contribution is 2.24. The molecule has 4 heteroatoms. The third-order valence-corrected chi connectivity index (χ3v) is 2.24. The van der Waals surface area contributed by atoms with Crippen LogP contribution >= 0.6 is 0 Å². The second-order valence-corrected chi connectivity index (χ2v) is 3.29. The standard InChI is InChI=1S/C12H10N2O2/c13-9-6-7-14-11(10(9)12(15)16)8-4-2-1-3-5-8/h1-7H,(H2,13,14)(H,15,16). The lowest BCUT2D eigenvalue weighted by Crippen LogP contribution is -2.06. The molecule has 0 fully saturated rings. The Morgan fingerprint density at radius 2 is 1.88 bits per heavy atom. The van der Waals surface area contributed by atoms with E-state index < -0.39 is 5.97 Å². The number of nitrogen functional groups attached to an aromatic ring is 1. The maximum Gasteiger partial charge on any atom is 0.340 e. The summed E-state index contributed by atoms with van der Waals surface area (Å²) >= 11 is 0. The van der Waals surface area contributed by atoms with Crippen molar-refractivity contribution in [3.05, 3.63) is 48.2 Å². The number of rotatable bonds is 2. The normalized spacial score (nSPS) is 10.0. The molecule has 0 radical (unpaired) electrons. The lowest BCUT2D eigenvalue weighted by atomic mass is 10.0. The van der Waals surface area contributed by atoms with E-state index in [2.05, 4.69) is 4.98 Å². The van der Waals surface area contributed by atoms with Crippen molar-refractivity contribution in [3.8, 4) is 11.3 Å². The van der Waals surface area contributed by atoms with E-state index in [0.717, 1.165) is 5.56 Å². The van der Waals surface area contributed by atoms with Gasteiger partial charge < -0.3 is 10.8 Å². The van der Waals surface area contributed by atoms with Crippen molar-refractivity contribution < 1.29 is 9.90 Å². The molecule has 3 N–H and O–H groups in total. The fourth-order valence-electron chi connectivity index (χ4n) is 1.52. The van der Waals surface area contributed by atoms with Crippen LogP contribution in [0.4, 0.5) is 5.69 Å². The Labute approximate surface area is 92.4 Å². The van der Waals surface area contributed by atoms with Gasteiger partial charge in [0.1, 0.15) is 5.56 Å². The lowest BCUT2D eigenvalue weighted by molar-refractivity contribution is 0.0698. The zero-order valence-corrected chi connectivity index (χ0v) is 8.42. The molecular weight excluding hydrogens is 204 g/mol. The SMILES string of the molecule is Nc1ccnc(-c2ccccc2)c1C(=O)O. The molecular formula is C12H10N2O2. The Morgan fingerprint density at radius 1 is 1.19 bits per heavy atom. The molecule has 80 valence electrons. The van der Waals surface area contributed by atoms with Crippen molar-refractivity contribution in [2.24, 2.45) is 0 Å². The first-order chi connectivity index (χ1) is 7.70. The molecule has 4 nitrogen and oxygen atoms in total. The monoisotopic (exact) mass is 214 g/mol. The third kappa shape index (κ3) is 1.72. The minimum absolute atomic E-state index is 0.0497. The molecule has 0 amide bonds. The smallest absolute Gasteiger partial charge is 0.340 e. The summed E-state index contributed by atoms with van der Waals surface area (Å²) in [6.07, 6.45) is 1.50. The van der Waals surface area contributed by atoms with Crippen molar-refractivity contribution in [1.29, 1.82) is 0 Å². The Bertz CT molecular complexity index is 524. The maximum atomic E-state index is 11.1. The number of anilines is 1. The lowest BCUT2D eigenvalue weighted by Gasteiger charge is -2.07. The number of carboxylic acid groups (broad SMARTS) is 1. The molecule has 0 bridgehead atoms. The van der Waals surface area contributed by atoms with Crippen LogP contribution in [0.2, 0.25) is 0 Å². The molecule has 2 aromatic rings. The van der Waals surface area contributed by atoms with Gasteiger partial charge in [-0.2, -0.15) is 0 Å². The van der Waals surface area contributed by atoms with E-state index in [-0.39, 0.29) is 11.3 Å². The molecule has 16 heavy (non-hydrogen) atoms. The van der Waals surface area contributed by atoms with E-state index in [9.17, 15) is 4.79 Å². The van der Waals surface area contributed by atoms with Crippen LogP contribution in [0.15, 0.2) is 42.6 Å². The first-order valence-electron chi connectivity index (χ1n) is 4.73. The number of carboxylic acids is 1.